The highest BCUT2D eigenvalue weighted by Crippen LogP contribution is 2.22. The van der Waals surface area contributed by atoms with Crippen LogP contribution in [0.4, 0.5) is 4.39 Å². The summed E-state index contributed by atoms with van der Waals surface area (Å²) in [6.07, 6.45) is 10.0. The molecule has 0 aliphatic rings. The number of hydrogen-bond acceptors (Lipinski definition) is 3. The van der Waals surface area contributed by atoms with E-state index >= 15 is 0 Å². The van der Waals surface area contributed by atoms with Crippen molar-refractivity contribution in [1.29, 1.82) is 0 Å². The lowest BCUT2D eigenvalue weighted by molar-refractivity contribution is 0.0730. The minimum absolute atomic E-state index is 0.0618. The molecule has 3 nitrogen and oxygen atoms in total. The van der Waals surface area contributed by atoms with Crippen LogP contribution in [0.2, 0.25) is 0 Å². The molecule has 4 heteroatoms. The van der Waals surface area contributed by atoms with Crippen LogP contribution in [0, 0.1) is 5.82 Å². The number of nitrogens with zero attached hydrogens (tertiary/aromatic N) is 1. The first-order valence-electron chi connectivity index (χ1n) is 11.2. The number of unbranched alkanes of at least 4 members (excludes halogenated alkanes) is 4. The molecule has 31 heavy (non-hydrogen) atoms. The van der Waals surface area contributed by atoms with Crippen LogP contribution in [-0.2, 0) is 12.8 Å². The summed E-state index contributed by atoms with van der Waals surface area (Å²) in [5.41, 5.74) is 3.84. The van der Waals surface area contributed by atoms with Gasteiger partial charge in [0.25, 0.3) is 0 Å². The monoisotopic (exact) mass is 419 g/mol. The van der Waals surface area contributed by atoms with E-state index in [-0.39, 0.29) is 5.56 Å². The molecule has 0 N–H and O–H groups in total. The van der Waals surface area contributed by atoms with E-state index in [1.54, 1.807) is 18.2 Å². The van der Waals surface area contributed by atoms with Crippen molar-refractivity contribution in [2.75, 3.05) is 0 Å². The smallest absolute Gasteiger partial charge is 0.346 e. The predicted octanol–water partition coefficient (Wildman–Crippen LogP) is 7.18. The average molecular weight is 420 g/mol. The number of pyridine rings is 1. The number of hydrogen-bond donors (Lipinski definition) is 0. The van der Waals surface area contributed by atoms with Crippen molar-refractivity contribution in [3.8, 4) is 17.0 Å². The number of benzene rings is 2. The lowest BCUT2D eigenvalue weighted by Gasteiger charge is -2.08. The zero-order valence-corrected chi connectivity index (χ0v) is 18.4. The van der Waals surface area contributed by atoms with Gasteiger partial charge in [0.05, 0.1) is 11.3 Å². The Labute approximate surface area is 184 Å². The molecule has 0 amide bonds. The summed E-state index contributed by atoms with van der Waals surface area (Å²) < 4.78 is 19.5. The fourth-order valence-corrected chi connectivity index (χ4v) is 3.48. The Hall–Kier alpha value is -3.01. The number of aromatic nitrogens is 1. The summed E-state index contributed by atoms with van der Waals surface area (Å²) >= 11 is 0. The van der Waals surface area contributed by atoms with Crippen LogP contribution in [-0.4, -0.2) is 11.0 Å². The molecule has 162 valence electrons. The second-order valence-electron chi connectivity index (χ2n) is 7.80. The van der Waals surface area contributed by atoms with Crippen LogP contribution in [0.5, 0.6) is 5.75 Å². The second kappa shape index (κ2) is 11.4. The van der Waals surface area contributed by atoms with Crippen LogP contribution >= 0.6 is 0 Å². The second-order valence-corrected chi connectivity index (χ2v) is 7.80. The summed E-state index contributed by atoms with van der Waals surface area (Å²) in [4.78, 5) is 16.9. The highest BCUT2D eigenvalue weighted by Gasteiger charge is 2.14. The van der Waals surface area contributed by atoms with Crippen molar-refractivity contribution < 1.29 is 13.9 Å². The number of aryl methyl sites for hydroxylation is 2. The molecule has 0 saturated carbocycles. The molecule has 1 aromatic heterocycles. The van der Waals surface area contributed by atoms with Gasteiger partial charge >= 0.3 is 5.97 Å². The summed E-state index contributed by atoms with van der Waals surface area (Å²) in [5.74, 6) is -0.888. The van der Waals surface area contributed by atoms with E-state index in [4.69, 9.17) is 4.74 Å². The third-order valence-electron chi connectivity index (χ3n) is 5.42. The maximum absolute atomic E-state index is 14.1. The minimum atomic E-state index is -0.700. The zero-order valence-electron chi connectivity index (χ0n) is 18.4. The summed E-state index contributed by atoms with van der Waals surface area (Å²) in [5, 5.41) is 0. The van der Waals surface area contributed by atoms with Gasteiger partial charge in [-0.25, -0.2) is 9.18 Å². The van der Waals surface area contributed by atoms with Gasteiger partial charge in [0, 0.05) is 11.8 Å². The number of carbonyl (C=O) groups excluding carboxylic acids is 1. The van der Waals surface area contributed by atoms with E-state index in [2.05, 4.69) is 18.0 Å². The molecule has 0 bridgehead atoms. The average Bonchev–Trinajstić information content (AvgIpc) is 2.79. The molecule has 0 unspecified atom stereocenters. The number of rotatable bonds is 10. The van der Waals surface area contributed by atoms with Crippen molar-refractivity contribution in [3.63, 3.8) is 0 Å². The van der Waals surface area contributed by atoms with E-state index in [0.717, 1.165) is 23.2 Å². The predicted molar refractivity (Wildman–Crippen MR) is 123 cm³/mol. The molecule has 0 aliphatic heterocycles. The quantitative estimate of drug-likeness (QED) is 0.198. The largest absolute Gasteiger partial charge is 0.423 e. The van der Waals surface area contributed by atoms with Gasteiger partial charge in [-0.3, -0.25) is 4.98 Å². The zero-order chi connectivity index (χ0) is 22.1. The first kappa shape index (κ1) is 22.7. The maximum atomic E-state index is 14.1. The van der Waals surface area contributed by atoms with Gasteiger partial charge in [0.1, 0.15) is 11.6 Å². The van der Waals surface area contributed by atoms with Crippen LogP contribution in [0.1, 0.15) is 67.4 Å². The Bertz CT molecular complexity index is 981. The van der Waals surface area contributed by atoms with Crippen LogP contribution < -0.4 is 4.74 Å². The molecule has 0 saturated heterocycles. The van der Waals surface area contributed by atoms with Crippen molar-refractivity contribution >= 4 is 5.97 Å². The van der Waals surface area contributed by atoms with Crippen LogP contribution in [0.15, 0.2) is 60.8 Å². The Morgan fingerprint density at radius 2 is 1.65 bits per heavy atom. The third kappa shape index (κ3) is 6.48. The minimum Gasteiger partial charge on any atom is -0.423 e. The first-order valence-corrected chi connectivity index (χ1v) is 11.2. The van der Waals surface area contributed by atoms with Gasteiger partial charge in [-0.1, -0.05) is 51.7 Å². The Kier molecular flexibility index (Phi) is 8.34. The lowest BCUT2D eigenvalue weighted by atomic mass is 10.1. The molecule has 1 heterocycles. The van der Waals surface area contributed by atoms with E-state index in [9.17, 15) is 9.18 Å². The van der Waals surface area contributed by atoms with Gasteiger partial charge in [-0.15, -0.1) is 0 Å². The standard InChI is InChI=1S/C27H30FNO2/c1-3-5-6-7-8-9-21-11-17-26(29-19-21)22-12-14-23(15-13-22)31-27(30)24-16-10-20(4-2)18-25(24)28/h10-19H,3-9H2,1-2H3. The van der Waals surface area contributed by atoms with Gasteiger partial charge in [-0.2, -0.15) is 0 Å². The van der Waals surface area contributed by atoms with Gasteiger partial charge in [-0.05, 0) is 72.9 Å². The summed E-state index contributed by atoms with van der Waals surface area (Å²) in [6, 6.07) is 15.8. The molecule has 0 spiro atoms. The van der Waals surface area contributed by atoms with Gasteiger partial charge in [0.15, 0.2) is 0 Å². The van der Waals surface area contributed by atoms with E-state index < -0.39 is 11.8 Å². The van der Waals surface area contributed by atoms with Crippen molar-refractivity contribution in [1.82, 2.24) is 4.98 Å². The fourth-order valence-electron chi connectivity index (χ4n) is 3.48. The lowest BCUT2D eigenvalue weighted by Crippen LogP contribution is -2.11. The summed E-state index contributed by atoms with van der Waals surface area (Å²) in [7, 11) is 0. The number of ether oxygens (including phenoxy) is 1. The number of esters is 1. The third-order valence-corrected chi connectivity index (χ3v) is 5.42. The molecule has 0 radical (unpaired) electrons. The topological polar surface area (TPSA) is 39.2 Å². The van der Waals surface area contributed by atoms with Gasteiger partial charge < -0.3 is 4.74 Å². The van der Waals surface area contributed by atoms with E-state index in [1.807, 2.05) is 31.3 Å². The molecular formula is C27H30FNO2. The maximum Gasteiger partial charge on any atom is 0.346 e. The van der Waals surface area contributed by atoms with E-state index in [0.29, 0.717) is 12.2 Å². The van der Waals surface area contributed by atoms with Crippen LogP contribution in [0.25, 0.3) is 11.3 Å². The summed E-state index contributed by atoms with van der Waals surface area (Å²) in [6.45, 7) is 4.16. The molecule has 0 aliphatic carbocycles. The van der Waals surface area contributed by atoms with Gasteiger partial charge in [0.2, 0.25) is 0 Å². The normalized spacial score (nSPS) is 10.8. The highest BCUT2D eigenvalue weighted by atomic mass is 19.1. The molecule has 3 rings (SSSR count). The van der Waals surface area contributed by atoms with E-state index in [1.165, 1.54) is 49.8 Å². The highest BCUT2D eigenvalue weighted by molar-refractivity contribution is 5.91. The fraction of sp³-hybridized carbons (Fsp3) is 0.333. The molecule has 0 fully saturated rings. The van der Waals surface area contributed by atoms with Crippen molar-refractivity contribution in [2.45, 2.75) is 58.8 Å². The molecular weight excluding hydrogens is 389 g/mol. The molecule has 3 aromatic rings. The van der Waals surface area contributed by atoms with Crippen LogP contribution in [0.3, 0.4) is 0 Å². The number of carbonyl (C=O) groups is 1. The molecule has 2 aromatic carbocycles. The Balaban J connectivity index is 1.58. The molecule has 0 atom stereocenters. The first-order chi connectivity index (χ1) is 15.1. The van der Waals surface area contributed by atoms with Crippen molar-refractivity contribution in [2.24, 2.45) is 0 Å². The number of halogens is 1. The Morgan fingerprint density at radius 1 is 0.903 bits per heavy atom. The van der Waals surface area contributed by atoms with Crippen molar-refractivity contribution in [3.05, 3.63) is 83.3 Å². The SMILES string of the molecule is CCCCCCCc1ccc(-c2ccc(OC(=O)c3ccc(CC)cc3F)cc2)nc1. The Morgan fingerprint density at radius 3 is 2.29 bits per heavy atom.